The van der Waals surface area contributed by atoms with Gasteiger partial charge in [-0.25, -0.2) is 0 Å². The first-order chi connectivity index (χ1) is 6.24. The van der Waals surface area contributed by atoms with Gasteiger partial charge in [0.1, 0.15) is 0 Å². The number of carbonyl (C=O) groups excluding carboxylic acids is 1. The fourth-order valence-corrected chi connectivity index (χ4v) is 1.44. The molecule has 0 aromatic rings. The van der Waals surface area contributed by atoms with Crippen LogP contribution in [0.5, 0.6) is 0 Å². The Kier molecular flexibility index (Phi) is 7.66. The van der Waals surface area contributed by atoms with Crippen molar-refractivity contribution in [1.29, 1.82) is 0 Å². The summed E-state index contributed by atoms with van der Waals surface area (Å²) in [6.45, 7) is 6.29. The van der Waals surface area contributed by atoms with Gasteiger partial charge in [-0.3, -0.25) is 4.79 Å². The summed E-state index contributed by atoms with van der Waals surface area (Å²) in [5.74, 6) is 0.864. The molecule has 0 aliphatic carbocycles. The highest BCUT2D eigenvalue weighted by Crippen LogP contribution is 2.14. The highest BCUT2D eigenvalue weighted by atomic mass is 16.1. The molecule has 0 aromatic carbocycles. The molecule has 1 nitrogen and oxygen atoms in total. The average molecular weight is 182 g/mol. The van der Waals surface area contributed by atoms with Crippen molar-refractivity contribution in [2.75, 3.05) is 0 Å². The summed E-state index contributed by atoms with van der Waals surface area (Å²) >= 11 is 0. The summed E-state index contributed by atoms with van der Waals surface area (Å²) in [6, 6.07) is 0. The van der Waals surface area contributed by atoms with E-state index in [0.29, 0.717) is 12.3 Å². The Balaban J connectivity index is 3.91. The number of hydrogen-bond acceptors (Lipinski definition) is 1. The van der Waals surface area contributed by atoms with Crippen LogP contribution in [0.1, 0.15) is 52.9 Å². The van der Waals surface area contributed by atoms with Gasteiger partial charge < -0.3 is 0 Å². The van der Waals surface area contributed by atoms with Crippen molar-refractivity contribution in [3.05, 3.63) is 12.2 Å². The quantitative estimate of drug-likeness (QED) is 0.548. The van der Waals surface area contributed by atoms with E-state index in [0.717, 1.165) is 0 Å². The molecule has 0 atom stereocenters. The SMILES string of the molecule is CCCC(/C=C\C(=O)CC)CCC. The summed E-state index contributed by atoms with van der Waals surface area (Å²) in [5, 5.41) is 0. The van der Waals surface area contributed by atoms with Crippen molar-refractivity contribution in [2.45, 2.75) is 52.9 Å². The lowest BCUT2D eigenvalue weighted by molar-refractivity contribution is -0.114. The van der Waals surface area contributed by atoms with Crippen molar-refractivity contribution in [2.24, 2.45) is 5.92 Å². The van der Waals surface area contributed by atoms with E-state index in [1.807, 2.05) is 6.92 Å². The predicted molar refractivity (Wildman–Crippen MR) is 57.7 cm³/mol. The van der Waals surface area contributed by atoms with Gasteiger partial charge in [0.25, 0.3) is 0 Å². The van der Waals surface area contributed by atoms with Gasteiger partial charge in [-0.15, -0.1) is 0 Å². The molecule has 0 aliphatic heterocycles. The van der Waals surface area contributed by atoms with Crippen molar-refractivity contribution < 1.29 is 4.79 Å². The van der Waals surface area contributed by atoms with Gasteiger partial charge in [0.2, 0.25) is 0 Å². The Morgan fingerprint density at radius 3 is 2.08 bits per heavy atom. The van der Waals surface area contributed by atoms with Crippen LogP contribution in [0.4, 0.5) is 0 Å². The summed E-state index contributed by atoms with van der Waals surface area (Å²) in [5.41, 5.74) is 0. The third-order valence-electron chi connectivity index (χ3n) is 2.22. The Bertz CT molecular complexity index is 153. The summed E-state index contributed by atoms with van der Waals surface area (Å²) in [7, 11) is 0. The monoisotopic (exact) mass is 182 g/mol. The van der Waals surface area contributed by atoms with E-state index < -0.39 is 0 Å². The number of ketones is 1. The minimum atomic E-state index is 0.247. The molecular weight excluding hydrogens is 160 g/mol. The minimum absolute atomic E-state index is 0.247. The van der Waals surface area contributed by atoms with E-state index in [9.17, 15) is 4.79 Å². The van der Waals surface area contributed by atoms with Gasteiger partial charge in [0.05, 0.1) is 0 Å². The molecule has 0 rings (SSSR count). The van der Waals surface area contributed by atoms with Gasteiger partial charge in [-0.2, -0.15) is 0 Å². The fourth-order valence-electron chi connectivity index (χ4n) is 1.44. The molecule has 0 unspecified atom stereocenters. The predicted octanol–water partition coefficient (Wildman–Crippen LogP) is 3.74. The Labute approximate surface area is 82.2 Å². The van der Waals surface area contributed by atoms with Crippen LogP contribution in [0.15, 0.2) is 12.2 Å². The van der Waals surface area contributed by atoms with Crippen molar-refractivity contribution in [3.63, 3.8) is 0 Å². The second kappa shape index (κ2) is 8.03. The number of hydrogen-bond donors (Lipinski definition) is 0. The molecular formula is C12H22O. The van der Waals surface area contributed by atoms with Crippen LogP contribution in [-0.4, -0.2) is 5.78 Å². The molecule has 0 saturated carbocycles. The van der Waals surface area contributed by atoms with Crippen LogP contribution in [0.3, 0.4) is 0 Å². The van der Waals surface area contributed by atoms with Crippen LogP contribution in [0, 0.1) is 5.92 Å². The summed E-state index contributed by atoms with van der Waals surface area (Å²) in [4.78, 5) is 11.0. The molecule has 0 radical (unpaired) electrons. The molecule has 0 heterocycles. The second-order valence-corrected chi connectivity index (χ2v) is 3.52. The maximum absolute atomic E-state index is 11.0. The summed E-state index contributed by atoms with van der Waals surface area (Å²) in [6.07, 6.45) is 9.31. The molecule has 0 spiro atoms. The molecule has 0 bridgehead atoms. The van der Waals surface area contributed by atoms with Gasteiger partial charge in [-0.1, -0.05) is 39.7 Å². The van der Waals surface area contributed by atoms with Crippen LogP contribution < -0.4 is 0 Å². The van der Waals surface area contributed by atoms with Crippen LogP contribution in [0.2, 0.25) is 0 Å². The van der Waals surface area contributed by atoms with Crippen molar-refractivity contribution in [3.8, 4) is 0 Å². The molecule has 0 fully saturated rings. The first kappa shape index (κ1) is 12.4. The number of rotatable bonds is 7. The largest absolute Gasteiger partial charge is 0.295 e. The molecule has 13 heavy (non-hydrogen) atoms. The van der Waals surface area contributed by atoms with Crippen LogP contribution in [-0.2, 0) is 4.79 Å². The minimum Gasteiger partial charge on any atom is -0.295 e. The normalized spacial score (nSPS) is 11.4. The first-order valence-electron chi connectivity index (χ1n) is 5.45. The maximum atomic E-state index is 11.0. The number of carbonyl (C=O) groups is 1. The van der Waals surface area contributed by atoms with Crippen LogP contribution in [0.25, 0.3) is 0 Å². The highest BCUT2D eigenvalue weighted by Gasteiger charge is 2.02. The Morgan fingerprint density at radius 2 is 1.69 bits per heavy atom. The zero-order chi connectivity index (χ0) is 10.1. The molecule has 0 N–H and O–H groups in total. The number of allylic oxidation sites excluding steroid dienone is 2. The topological polar surface area (TPSA) is 17.1 Å². The lowest BCUT2D eigenvalue weighted by atomic mass is 9.97. The molecule has 0 amide bonds. The molecule has 0 aliphatic rings. The van der Waals surface area contributed by atoms with Crippen molar-refractivity contribution in [1.82, 2.24) is 0 Å². The Morgan fingerprint density at radius 1 is 1.15 bits per heavy atom. The fraction of sp³-hybridized carbons (Fsp3) is 0.750. The zero-order valence-electron chi connectivity index (χ0n) is 9.18. The highest BCUT2D eigenvalue weighted by molar-refractivity contribution is 5.89. The standard InChI is InChI=1S/C12H22O/c1-4-7-11(8-5-2)9-10-12(13)6-3/h9-11H,4-8H2,1-3H3/b10-9-. The van der Waals surface area contributed by atoms with E-state index in [-0.39, 0.29) is 5.78 Å². The summed E-state index contributed by atoms with van der Waals surface area (Å²) < 4.78 is 0. The first-order valence-corrected chi connectivity index (χ1v) is 5.45. The van der Waals surface area contributed by atoms with Gasteiger partial charge in [0, 0.05) is 6.42 Å². The van der Waals surface area contributed by atoms with Gasteiger partial charge in [0.15, 0.2) is 5.78 Å². The van der Waals surface area contributed by atoms with Gasteiger partial charge in [-0.05, 0) is 24.8 Å². The molecule has 0 aromatic heterocycles. The van der Waals surface area contributed by atoms with E-state index >= 15 is 0 Å². The lowest BCUT2D eigenvalue weighted by Gasteiger charge is -2.08. The molecule has 76 valence electrons. The maximum Gasteiger partial charge on any atom is 0.155 e. The smallest absolute Gasteiger partial charge is 0.155 e. The van der Waals surface area contributed by atoms with E-state index in [2.05, 4.69) is 19.9 Å². The molecule has 1 heteroatoms. The average Bonchev–Trinajstić information content (AvgIpc) is 2.14. The van der Waals surface area contributed by atoms with E-state index in [4.69, 9.17) is 0 Å². The second-order valence-electron chi connectivity index (χ2n) is 3.52. The Hall–Kier alpha value is -0.590. The molecule has 0 saturated heterocycles. The van der Waals surface area contributed by atoms with Crippen LogP contribution >= 0.6 is 0 Å². The van der Waals surface area contributed by atoms with E-state index in [1.54, 1.807) is 6.08 Å². The van der Waals surface area contributed by atoms with Crippen molar-refractivity contribution >= 4 is 5.78 Å². The lowest BCUT2D eigenvalue weighted by Crippen LogP contribution is -1.97. The third kappa shape index (κ3) is 6.56. The van der Waals surface area contributed by atoms with Gasteiger partial charge >= 0.3 is 0 Å². The third-order valence-corrected chi connectivity index (χ3v) is 2.22. The zero-order valence-corrected chi connectivity index (χ0v) is 9.18. The van der Waals surface area contributed by atoms with E-state index in [1.165, 1.54) is 25.7 Å².